The Morgan fingerprint density at radius 3 is 2.53 bits per heavy atom. The van der Waals surface area contributed by atoms with Crippen LogP contribution in [0.5, 0.6) is 5.75 Å². The van der Waals surface area contributed by atoms with E-state index < -0.39 is 0 Å². The van der Waals surface area contributed by atoms with E-state index >= 15 is 0 Å². The monoisotopic (exact) mass is 472 g/mol. The zero-order valence-electron chi connectivity index (χ0n) is 18.5. The van der Waals surface area contributed by atoms with Gasteiger partial charge in [-0.25, -0.2) is 4.39 Å². The lowest BCUT2D eigenvalue weighted by Gasteiger charge is -2.37. The number of ether oxygens (including phenoxy) is 1. The Labute approximate surface area is 201 Å². The second kappa shape index (κ2) is 9.07. The fourth-order valence-corrected chi connectivity index (χ4v) is 4.39. The van der Waals surface area contributed by atoms with Crippen LogP contribution in [0.4, 0.5) is 10.1 Å². The molecule has 1 atom stereocenters. The van der Waals surface area contributed by atoms with Gasteiger partial charge in [0.15, 0.2) is 5.11 Å². The van der Waals surface area contributed by atoms with Gasteiger partial charge in [-0.1, -0.05) is 47.6 Å². The van der Waals surface area contributed by atoms with Gasteiger partial charge < -0.3 is 14.6 Å². The molecule has 6 nitrogen and oxygen atoms in total. The second-order valence-corrected chi connectivity index (χ2v) is 8.15. The number of hydrogen-bond acceptors (Lipinski definition) is 5. The fraction of sp³-hybridized carbons (Fsp3) is 0.115. The molecule has 1 unspecified atom stereocenters. The third-order valence-electron chi connectivity index (χ3n) is 5.69. The summed E-state index contributed by atoms with van der Waals surface area (Å²) < 4.78 is 24.8. The molecule has 0 spiro atoms. The molecular weight excluding hydrogens is 451 g/mol. The average Bonchev–Trinajstić information content (AvgIpc) is 3.35. The molecule has 34 heavy (non-hydrogen) atoms. The molecule has 2 heterocycles. The van der Waals surface area contributed by atoms with Crippen LogP contribution >= 0.6 is 12.2 Å². The highest BCUT2D eigenvalue weighted by Gasteiger charge is 2.35. The summed E-state index contributed by atoms with van der Waals surface area (Å²) in [6.45, 7) is 1.94. The van der Waals surface area contributed by atoms with Crippen LogP contribution in [0.2, 0.25) is 0 Å². The van der Waals surface area contributed by atoms with Crippen molar-refractivity contribution in [3.05, 3.63) is 102 Å². The predicted molar refractivity (Wildman–Crippen MR) is 133 cm³/mol. The van der Waals surface area contributed by atoms with Crippen molar-refractivity contribution in [2.24, 2.45) is 0 Å². The Morgan fingerprint density at radius 2 is 1.79 bits per heavy atom. The van der Waals surface area contributed by atoms with Crippen LogP contribution in [0.15, 0.2) is 89.1 Å². The van der Waals surface area contributed by atoms with E-state index in [0.29, 0.717) is 16.8 Å². The molecule has 5 rings (SSSR count). The number of benzene rings is 3. The quantitative estimate of drug-likeness (QED) is 0.371. The summed E-state index contributed by atoms with van der Waals surface area (Å²) in [5.41, 5.74) is 4.06. The summed E-state index contributed by atoms with van der Waals surface area (Å²) in [6.07, 6.45) is 0. The van der Waals surface area contributed by atoms with E-state index in [1.807, 2.05) is 66.4 Å². The molecule has 0 saturated heterocycles. The Morgan fingerprint density at radius 1 is 1.03 bits per heavy atom. The van der Waals surface area contributed by atoms with E-state index in [9.17, 15) is 4.39 Å². The highest BCUT2D eigenvalue weighted by Crippen LogP contribution is 2.39. The maximum atomic E-state index is 13.6. The van der Waals surface area contributed by atoms with Gasteiger partial charge >= 0.3 is 0 Å². The largest absolute Gasteiger partial charge is 0.497 e. The Balaban J connectivity index is 1.66. The van der Waals surface area contributed by atoms with Crippen molar-refractivity contribution in [2.75, 3.05) is 12.0 Å². The van der Waals surface area contributed by atoms with Crippen molar-refractivity contribution in [1.82, 2.24) is 15.5 Å². The maximum absolute atomic E-state index is 13.6. The molecule has 4 aromatic rings. The van der Waals surface area contributed by atoms with E-state index in [2.05, 4.69) is 10.5 Å². The molecule has 0 radical (unpaired) electrons. The van der Waals surface area contributed by atoms with Crippen LogP contribution < -0.4 is 15.0 Å². The lowest BCUT2D eigenvalue weighted by molar-refractivity contribution is 0.403. The molecule has 0 fully saturated rings. The van der Waals surface area contributed by atoms with Crippen molar-refractivity contribution in [1.29, 1.82) is 0 Å². The lowest BCUT2D eigenvalue weighted by Crippen LogP contribution is -2.46. The first kappa shape index (κ1) is 21.8. The zero-order chi connectivity index (χ0) is 23.7. The van der Waals surface area contributed by atoms with Gasteiger partial charge in [0, 0.05) is 16.9 Å². The van der Waals surface area contributed by atoms with E-state index in [-0.39, 0.29) is 11.9 Å². The van der Waals surface area contributed by atoms with Gasteiger partial charge in [0.05, 0.1) is 18.7 Å². The molecule has 1 aromatic heterocycles. The number of allylic oxidation sites excluding steroid dienone is 1. The topological polar surface area (TPSA) is 63.4 Å². The summed E-state index contributed by atoms with van der Waals surface area (Å²) in [5.74, 6) is 1.26. The summed E-state index contributed by atoms with van der Waals surface area (Å²) in [4.78, 5) is 6.54. The van der Waals surface area contributed by atoms with Crippen LogP contribution in [0.25, 0.3) is 17.0 Å². The van der Waals surface area contributed by atoms with Crippen molar-refractivity contribution < 1.29 is 13.7 Å². The van der Waals surface area contributed by atoms with Gasteiger partial charge in [0.25, 0.3) is 5.89 Å². The van der Waals surface area contributed by atoms with Crippen molar-refractivity contribution >= 4 is 28.6 Å². The highest BCUT2D eigenvalue weighted by molar-refractivity contribution is 7.80. The lowest BCUT2D eigenvalue weighted by atomic mass is 9.94. The normalized spacial score (nSPS) is 15.9. The molecule has 0 saturated carbocycles. The number of nitrogens with zero attached hydrogens (tertiary/aromatic N) is 3. The smallest absolute Gasteiger partial charge is 0.258 e. The number of methoxy groups -OCH3 is 1. The van der Waals surface area contributed by atoms with Gasteiger partial charge in [-0.15, -0.1) is 0 Å². The number of hydrogen-bond donors (Lipinski definition) is 1. The van der Waals surface area contributed by atoms with Gasteiger partial charge in [0.1, 0.15) is 11.6 Å². The van der Waals surface area contributed by atoms with E-state index in [1.165, 1.54) is 12.1 Å². The van der Waals surface area contributed by atoms with Crippen LogP contribution in [0.3, 0.4) is 0 Å². The molecule has 3 aromatic carbocycles. The second-order valence-electron chi connectivity index (χ2n) is 7.76. The molecule has 0 bridgehead atoms. The minimum atomic E-state index is -0.358. The number of rotatable bonds is 5. The average molecular weight is 473 g/mol. The van der Waals surface area contributed by atoms with Crippen molar-refractivity contribution in [2.45, 2.75) is 13.0 Å². The molecule has 0 amide bonds. The van der Waals surface area contributed by atoms with Gasteiger partial charge in [-0.05, 0) is 61.1 Å². The minimum Gasteiger partial charge on any atom is -0.497 e. The van der Waals surface area contributed by atoms with E-state index in [1.54, 1.807) is 19.2 Å². The molecular formula is C26H21FN4O2S. The first-order chi connectivity index (χ1) is 16.5. The summed E-state index contributed by atoms with van der Waals surface area (Å²) in [7, 11) is 1.63. The summed E-state index contributed by atoms with van der Waals surface area (Å²) >= 11 is 5.73. The zero-order valence-corrected chi connectivity index (χ0v) is 19.3. The van der Waals surface area contributed by atoms with Crippen LogP contribution in [-0.4, -0.2) is 22.4 Å². The number of halogens is 1. The third-order valence-corrected chi connectivity index (χ3v) is 5.99. The summed E-state index contributed by atoms with van der Waals surface area (Å²) in [5, 5.41) is 8.09. The Hall–Kier alpha value is -4.04. The first-order valence-corrected chi connectivity index (χ1v) is 11.1. The van der Waals surface area contributed by atoms with E-state index in [4.69, 9.17) is 26.5 Å². The minimum absolute atomic E-state index is 0.319. The number of nitrogens with one attached hydrogen (secondary N) is 1. The third kappa shape index (κ3) is 4.04. The number of thiocarbonyl (C=S) groups is 1. The molecule has 1 N–H and O–H groups in total. The van der Waals surface area contributed by atoms with Crippen molar-refractivity contribution in [3.63, 3.8) is 0 Å². The van der Waals surface area contributed by atoms with Crippen LogP contribution in [0.1, 0.15) is 24.4 Å². The van der Waals surface area contributed by atoms with Crippen LogP contribution in [0, 0.1) is 5.82 Å². The van der Waals surface area contributed by atoms with Crippen molar-refractivity contribution in [3.8, 4) is 17.1 Å². The molecule has 8 heteroatoms. The van der Waals surface area contributed by atoms with Gasteiger partial charge in [-0.3, -0.25) is 4.90 Å². The fourth-order valence-electron chi connectivity index (χ4n) is 4.03. The molecule has 170 valence electrons. The first-order valence-electron chi connectivity index (χ1n) is 10.7. The van der Waals surface area contributed by atoms with Gasteiger partial charge in [-0.2, -0.15) is 4.98 Å². The Bertz CT molecular complexity index is 1370. The predicted octanol–water partition coefficient (Wildman–Crippen LogP) is 5.75. The standard InChI is InChI=1S/C26H21FN4O2S/c1-16-22(25-29-24(30-33-25)17-7-4-3-5-8-17)23(18-9-6-10-21(15-18)32-2)28-26(34)31(16)20-13-11-19(27)12-14-20/h3-15,23H,1-2H3,(H,28,34). The highest BCUT2D eigenvalue weighted by atomic mass is 32.1. The number of aromatic nitrogens is 2. The number of anilines is 1. The maximum Gasteiger partial charge on any atom is 0.258 e. The Kier molecular flexibility index (Phi) is 5.81. The van der Waals surface area contributed by atoms with E-state index in [0.717, 1.165) is 33.8 Å². The molecule has 0 aliphatic carbocycles. The van der Waals surface area contributed by atoms with Gasteiger partial charge in [0.2, 0.25) is 5.82 Å². The molecule has 1 aliphatic rings. The summed E-state index contributed by atoms with van der Waals surface area (Å²) in [6, 6.07) is 23.2. The molecule has 1 aliphatic heterocycles. The van der Waals surface area contributed by atoms with Crippen LogP contribution in [-0.2, 0) is 0 Å². The SMILES string of the molecule is COc1cccc(C2NC(=S)N(c3ccc(F)cc3)C(C)=C2c2nc(-c3ccccc3)no2)c1.